The van der Waals surface area contributed by atoms with Crippen LogP contribution >= 0.6 is 0 Å². The summed E-state index contributed by atoms with van der Waals surface area (Å²) in [5, 5.41) is 21.1. The van der Waals surface area contributed by atoms with Crippen LogP contribution in [0.3, 0.4) is 0 Å². The van der Waals surface area contributed by atoms with Gasteiger partial charge in [-0.25, -0.2) is 14.8 Å². The number of ketones is 1. The highest BCUT2D eigenvalue weighted by Gasteiger charge is 2.81. The predicted molar refractivity (Wildman–Crippen MR) is 150 cm³/mol. The van der Waals surface area contributed by atoms with E-state index in [9.17, 15) is 19.8 Å². The number of Topliss-reactive ketones (excluding diaryl/α,β-unsaturated/α-hetero) is 1. The Hall–Kier alpha value is -2.62. The number of anilines is 1. The molecule has 0 unspecified atom stereocenters. The molecular weight excluding hydrogens is 522 g/mol. The molecule has 2 aliphatic heterocycles. The van der Waals surface area contributed by atoms with Crippen molar-refractivity contribution < 1.29 is 29.3 Å². The Morgan fingerprint density at radius 2 is 1.88 bits per heavy atom. The third kappa shape index (κ3) is 3.45. The van der Waals surface area contributed by atoms with Gasteiger partial charge in [0.05, 0.1) is 47.4 Å². The number of nitrogens with two attached hydrogens (primary N) is 1. The first-order chi connectivity index (χ1) is 19.5. The van der Waals surface area contributed by atoms with Crippen LogP contribution in [0.25, 0.3) is 5.57 Å². The van der Waals surface area contributed by atoms with Crippen molar-refractivity contribution >= 4 is 23.0 Å². The number of allylic oxidation sites excluding steroid dienone is 1. The van der Waals surface area contributed by atoms with Crippen LogP contribution in [-0.4, -0.2) is 62.5 Å². The van der Waals surface area contributed by atoms with Gasteiger partial charge >= 0.3 is 5.97 Å². The maximum atomic E-state index is 14.4. The van der Waals surface area contributed by atoms with Crippen molar-refractivity contribution in [1.29, 1.82) is 0 Å². The number of carbonyl (C=O) groups excluding carboxylic acids is 2. The highest BCUT2D eigenvalue weighted by atomic mass is 16.6. The molecule has 4 aliphatic carbocycles. The van der Waals surface area contributed by atoms with E-state index in [0.717, 1.165) is 37.7 Å². The fraction of sp³-hybridized carbons (Fsp3) is 0.688. The van der Waals surface area contributed by atoms with Crippen LogP contribution in [0.4, 0.5) is 5.69 Å². The van der Waals surface area contributed by atoms with Crippen molar-refractivity contribution in [2.75, 3.05) is 12.3 Å². The van der Waals surface area contributed by atoms with E-state index in [4.69, 9.17) is 15.2 Å². The fourth-order valence-electron chi connectivity index (χ4n) is 10.5. The molecule has 3 heterocycles. The number of ether oxygens (including phenoxy) is 2. The van der Waals surface area contributed by atoms with Crippen molar-refractivity contribution in [3.05, 3.63) is 35.4 Å². The Balaban J connectivity index is 1.18. The van der Waals surface area contributed by atoms with Crippen LogP contribution in [-0.2, 0) is 19.1 Å². The van der Waals surface area contributed by atoms with Crippen LogP contribution in [0.15, 0.2) is 29.6 Å². The number of fused-ring (bicyclic) bond motifs is 4. The Morgan fingerprint density at radius 3 is 2.56 bits per heavy atom. The van der Waals surface area contributed by atoms with Crippen LogP contribution < -0.4 is 5.73 Å². The molecule has 41 heavy (non-hydrogen) atoms. The minimum absolute atomic E-state index is 0.0349. The lowest BCUT2D eigenvalue weighted by molar-refractivity contribution is -0.155. The third-order valence-electron chi connectivity index (χ3n) is 12.6. The normalized spacial score (nSPS) is 45.6. The molecule has 9 nitrogen and oxygen atoms in total. The Morgan fingerprint density at radius 1 is 1.15 bits per heavy atom. The van der Waals surface area contributed by atoms with Gasteiger partial charge in [-0.2, -0.15) is 0 Å². The maximum absolute atomic E-state index is 14.4. The lowest BCUT2D eigenvalue weighted by Gasteiger charge is -2.58. The molecule has 4 fully saturated rings. The first-order valence-corrected chi connectivity index (χ1v) is 15.2. The molecule has 7 rings (SSSR count). The summed E-state index contributed by atoms with van der Waals surface area (Å²) in [4.78, 5) is 35.7. The van der Waals surface area contributed by atoms with Crippen molar-refractivity contribution in [2.24, 2.45) is 40.4 Å². The van der Waals surface area contributed by atoms with Gasteiger partial charge in [-0.3, -0.25) is 4.79 Å². The molecule has 0 radical (unpaired) electrons. The zero-order valence-corrected chi connectivity index (χ0v) is 24.3. The molecule has 1 aromatic heterocycles. The Labute approximate surface area is 240 Å². The minimum Gasteiger partial charge on any atom is -0.458 e. The largest absolute Gasteiger partial charge is 0.458 e. The van der Waals surface area contributed by atoms with Gasteiger partial charge in [0.15, 0.2) is 11.6 Å². The SMILES string of the molecule is CC1=C(CO)C(=O)O[C@@H]([C@@H](C)[C@H]2CC[C@H]3[C@@H]4C[C@H]5O[C@]56[C@@H](O)C=C(c5ncc(N)cn5)C(=O)[C@]6(C)[C@H]4CC[C@]23C)C1. The van der Waals surface area contributed by atoms with E-state index in [1.54, 1.807) is 6.08 Å². The lowest BCUT2D eigenvalue weighted by Crippen LogP contribution is -2.64. The van der Waals surface area contributed by atoms with Gasteiger partial charge in [-0.05, 0) is 87.0 Å². The lowest BCUT2D eigenvalue weighted by atomic mass is 9.43. The number of esters is 1. The number of epoxide rings is 1. The van der Waals surface area contributed by atoms with Gasteiger partial charge in [-0.15, -0.1) is 0 Å². The summed E-state index contributed by atoms with van der Waals surface area (Å²) in [5.41, 5.74) is 6.20. The summed E-state index contributed by atoms with van der Waals surface area (Å²) < 4.78 is 12.3. The van der Waals surface area contributed by atoms with Gasteiger partial charge in [0.1, 0.15) is 17.8 Å². The number of aromatic nitrogens is 2. The summed E-state index contributed by atoms with van der Waals surface area (Å²) in [6, 6.07) is 0. The van der Waals surface area contributed by atoms with Crippen LogP contribution in [0.5, 0.6) is 0 Å². The minimum atomic E-state index is -0.905. The number of nitrogens with zero attached hydrogens (tertiary/aromatic N) is 2. The van der Waals surface area contributed by atoms with Crippen molar-refractivity contribution in [3.63, 3.8) is 0 Å². The molecular formula is C32H41N3O6. The quantitative estimate of drug-likeness (QED) is 0.371. The third-order valence-corrected chi connectivity index (χ3v) is 12.6. The molecule has 6 aliphatic rings. The number of carbonyl (C=O) groups is 2. The fourth-order valence-corrected chi connectivity index (χ4v) is 10.5. The van der Waals surface area contributed by atoms with Crippen LogP contribution in [0, 0.1) is 40.4 Å². The molecule has 1 saturated heterocycles. The van der Waals surface area contributed by atoms with Crippen LogP contribution in [0.2, 0.25) is 0 Å². The van der Waals surface area contributed by atoms with Crippen molar-refractivity contribution in [2.45, 2.75) is 90.1 Å². The molecule has 0 bridgehead atoms. The van der Waals surface area contributed by atoms with E-state index < -0.39 is 17.1 Å². The zero-order chi connectivity index (χ0) is 29.1. The smallest absolute Gasteiger partial charge is 0.336 e. The van der Waals surface area contributed by atoms with E-state index in [-0.39, 0.29) is 47.8 Å². The number of aliphatic hydroxyl groups excluding tert-OH is 2. The topological polar surface area (TPSA) is 148 Å². The van der Waals surface area contributed by atoms with Crippen LogP contribution in [0.1, 0.15) is 72.0 Å². The second-order valence-electron chi connectivity index (χ2n) is 14.1. The van der Waals surface area contributed by atoms with E-state index in [1.165, 1.54) is 12.4 Å². The molecule has 1 aromatic rings. The van der Waals surface area contributed by atoms with E-state index in [1.807, 2.05) is 13.8 Å². The molecule has 9 heteroatoms. The Bertz CT molecular complexity index is 1370. The van der Waals surface area contributed by atoms with Crippen molar-refractivity contribution in [1.82, 2.24) is 9.97 Å². The highest BCUT2D eigenvalue weighted by Crippen LogP contribution is 2.73. The second-order valence-corrected chi connectivity index (χ2v) is 14.1. The molecule has 1 spiro atoms. The maximum Gasteiger partial charge on any atom is 0.336 e. The molecule has 0 aromatic carbocycles. The second kappa shape index (κ2) is 8.94. The average Bonchev–Trinajstić information content (AvgIpc) is 3.58. The summed E-state index contributed by atoms with van der Waals surface area (Å²) in [6.45, 7) is 8.30. The van der Waals surface area contributed by atoms with Gasteiger partial charge < -0.3 is 25.4 Å². The van der Waals surface area contributed by atoms with Crippen molar-refractivity contribution in [3.8, 4) is 0 Å². The van der Waals surface area contributed by atoms with Gasteiger partial charge in [-0.1, -0.05) is 19.4 Å². The van der Waals surface area contributed by atoms with E-state index in [2.05, 4.69) is 23.8 Å². The number of nitrogen functional groups attached to an aromatic ring is 1. The average molecular weight is 564 g/mol. The van der Waals surface area contributed by atoms with E-state index in [0.29, 0.717) is 46.8 Å². The molecule has 0 amide bonds. The number of hydrogen-bond acceptors (Lipinski definition) is 9. The first kappa shape index (κ1) is 27.2. The predicted octanol–water partition coefficient (Wildman–Crippen LogP) is 3.25. The molecule has 3 saturated carbocycles. The highest BCUT2D eigenvalue weighted by molar-refractivity contribution is 6.24. The molecule has 220 valence electrons. The van der Waals surface area contributed by atoms with Gasteiger partial charge in [0.25, 0.3) is 0 Å². The Kier molecular flexibility index (Phi) is 5.94. The van der Waals surface area contributed by atoms with E-state index >= 15 is 0 Å². The van der Waals surface area contributed by atoms with Gasteiger partial charge in [0, 0.05) is 6.42 Å². The molecule has 11 atom stereocenters. The summed E-state index contributed by atoms with van der Waals surface area (Å²) in [7, 11) is 0. The summed E-state index contributed by atoms with van der Waals surface area (Å²) >= 11 is 0. The summed E-state index contributed by atoms with van der Waals surface area (Å²) in [5.74, 6) is 1.25. The number of rotatable bonds is 4. The number of hydrogen-bond donors (Lipinski definition) is 3. The number of aliphatic hydroxyl groups is 2. The summed E-state index contributed by atoms with van der Waals surface area (Å²) in [6.07, 6.45) is 8.83. The zero-order valence-electron chi connectivity index (χ0n) is 24.3. The number of cyclic esters (lactones) is 1. The standard InChI is InChI=1S/C32H41N3O6/c1-15-9-24(40-29(39)20(15)14-36)16(2)21-5-6-22-18-11-26-32(41-26)25(37)10-19(28-34-12-17(33)13-35-28)27(38)31(32,4)23(18)7-8-30(21,22)3/h10,12-13,16,18,21-26,36-37H,5-9,11,14,33H2,1-4H3/t16-,18-,21+,22-,23-,24+,25-,26+,30+,31-,32+/m0/s1. The van der Waals surface area contributed by atoms with Gasteiger partial charge in [0.2, 0.25) is 0 Å². The monoisotopic (exact) mass is 563 g/mol. The molecule has 4 N–H and O–H groups in total. The first-order valence-electron chi connectivity index (χ1n) is 15.2.